The first-order chi connectivity index (χ1) is 9.47. The van der Waals surface area contributed by atoms with Gasteiger partial charge in [0.1, 0.15) is 5.75 Å². The van der Waals surface area contributed by atoms with Gasteiger partial charge in [0.05, 0.1) is 12.5 Å². The van der Waals surface area contributed by atoms with Gasteiger partial charge in [0, 0.05) is 17.8 Å². The molecule has 20 heavy (non-hydrogen) atoms. The van der Waals surface area contributed by atoms with Crippen molar-refractivity contribution in [2.75, 3.05) is 0 Å². The van der Waals surface area contributed by atoms with Crippen LogP contribution in [0, 0.1) is 5.41 Å². The van der Waals surface area contributed by atoms with Gasteiger partial charge >= 0.3 is 0 Å². The largest absolute Gasteiger partial charge is 0.452 e. The van der Waals surface area contributed by atoms with Gasteiger partial charge in [0.2, 0.25) is 5.78 Å². The average molecular weight is 270 g/mol. The molecule has 0 saturated carbocycles. The molecular weight excluding hydrogens is 252 g/mol. The summed E-state index contributed by atoms with van der Waals surface area (Å²) in [5.41, 5.74) is -0.513. The van der Waals surface area contributed by atoms with Crippen molar-refractivity contribution in [2.45, 2.75) is 20.8 Å². The number of nitrogens with zero attached hydrogens (tertiary/aromatic N) is 2. The van der Waals surface area contributed by atoms with Gasteiger partial charge in [-0.3, -0.25) is 4.79 Å². The maximum absolute atomic E-state index is 12.5. The number of benzene rings is 1. The highest BCUT2D eigenvalue weighted by molar-refractivity contribution is 6.00. The number of para-hydroxylation sites is 1. The molecule has 0 fully saturated rings. The highest BCUT2D eigenvalue weighted by Crippen LogP contribution is 2.23. The van der Waals surface area contributed by atoms with E-state index in [1.54, 1.807) is 29.5 Å². The fourth-order valence-electron chi connectivity index (χ4n) is 1.60. The van der Waals surface area contributed by atoms with E-state index >= 15 is 0 Å². The van der Waals surface area contributed by atoms with Crippen LogP contribution in [-0.4, -0.2) is 15.3 Å². The number of carbonyl (C=O) groups excluding carboxylic acids is 1. The van der Waals surface area contributed by atoms with Crippen molar-refractivity contribution in [2.24, 2.45) is 5.41 Å². The molecule has 0 aliphatic carbocycles. The summed E-state index contributed by atoms with van der Waals surface area (Å²) in [6, 6.07) is 9.27. The van der Waals surface area contributed by atoms with E-state index in [0.717, 1.165) is 0 Å². The Balaban J connectivity index is 2.32. The number of hydrogen-bond acceptors (Lipinski definition) is 3. The molecule has 0 aliphatic heterocycles. The summed E-state index contributed by atoms with van der Waals surface area (Å²) in [5, 5.41) is 0. The first kappa shape index (κ1) is 14.1. The molecule has 1 heterocycles. The van der Waals surface area contributed by atoms with E-state index in [-0.39, 0.29) is 5.78 Å². The van der Waals surface area contributed by atoms with Gasteiger partial charge in [0.25, 0.3) is 0 Å². The number of aromatic nitrogens is 2. The molecule has 0 bridgehead atoms. The molecule has 0 unspecified atom stereocenters. The summed E-state index contributed by atoms with van der Waals surface area (Å²) in [7, 11) is 0. The average Bonchev–Trinajstić information content (AvgIpc) is 2.90. The minimum absolute atomic E-state index is 0.0601. The van der Waals surface area contributed by atoms with Gasteiger partial charge < -0.3 is 9.30 Å². The van der Waals surface area contributed by atoms with Crippen molar-refractivity contribution in [3.05, 3.63) is 54.8 Å². The van der Waals surface area contributed by atoms with Crippen molar-refractivity contribution in [3.8, 4) is 5.75 Å². The van der Waals surface area contributed by atoms with E-state index in [4.69, 9.17) is 4.74 Å². The third-order valence-electron chi connectivity index (χ3n) is 2.67. The highest BCUT2D eigenvalue weighted by Gasteiger charge is 2.27. The molecule has 0 aliphatic rings. The zero-order chi connectivity index (χ0) is 14.6. The van der Waals surface area contributed by atoms with Gasteiger partial charge in [-0.25, -0.2) is 4.98 Å². The van der Waals surface area contributed by atoms with Gasteiger partial charge in [-0.2, -0.15) is 0 Å². The normalized spacial score (nSPS) is 12.2. The monoisotopic (exact) mass is 270 g/mol. The number of rotatable bonds is 4. The molecule has 0 amide bonds. The van der Waals surface area contributed by atoms with E-state index in [1.807, 2.05) is 51.1 Å². The van der Waals surface area contributed by atoms with Crippen LogP contribution in [0.2, 0.25) is 0 Å². The van der Waals surface area contributed by atoms with Crippen LogP contribution < -0.4 is 4.74 Å². The molecule has 2 rings (SSSR count). The van der Waals surface area contributed by atoms with Crippen LogP contribution in [0.5, 0.6) is 5.75 Å². The summed E-state index contributed by atoms with van der Waals surface area (Å²) in [5.74, 6) is 0.869. The number of carbonyl (C=O) groups is 1. The first-order valence-electron chi connectivity index (χ1n) is 6.44. The Morgan fingerprint density at radius 2 is 1.95 bits per heavy atom. The quantitative estimate of drug-likeness (QED) is 0.632. The van der Waals surface area contributed by atoms with Gasteiger partial charge in [-0.15, -0.1) is 0 Å². The van der Waals surface area contributed by atoms with Gasteiger partial charge in [-0.1, -0.05) is 39.0 Å². The number of imidazole rings is 1. The van der Waals surface area contributed by atoms with Gasteiger partial charge in [-0.05, 0) is 12.1 Å². The van der Waals surface area contributed by atoms with E-state index in [1.165, 1.54) is 0 Å². The fraction of sp³-hybridized carbons (Fsp3) is 0.250. The van der Waals surface area contributed by atoms with Crippen LogP contribution in [0.3, 0.4) is 0 Å². The van der Waals surface area contributed by atoms with Crippen LogP contribution in [0.15, 0.2) is 54.8 Å². The van der Waals surface area contributed by atoms with Crippen LogP contribution in [0.1, 0.15) is 20.8 Å². The van der Waals surface area contributed by atoms with Crippen molar-refractivity contribution in [3.63, 3.8) is 0 Å². The number of ketones is 1. The predicted octanol–water partition coefficient (Wildman–Crippen LogP) is 3.38. The van der Waals surface area contributed by atoms with E-state index in [0.29, 0.717) is 11.5 Å². The van der Waals surface area contributed by atoms with Crippen LogP contribution in [-0.2, 0) is 4.79 Å². The maximum atomic E-state index is 12.5. The molecule has 0 atom stereocenters. The molecule has 4 nitrogen and oxygen atoms in total. The molecule has 1 aromatic carbocycles. The molecule has 0 radical (unpaired) electrons. The lowest BCUT2D eigenvalue weighted by atomic mass is 9.90. The first-order valence-corrected chi connectivity index (χ1v) is 6.44. The fourth-order valence-corrected chi connectivity index (χ4v) is 1.60. The molecule has 4 heteroatoms. The third kappa shape index (κ3) is 3.57. The number of hydrogen-bond donors (Lipinski definition) is 0. The zero-order valence-electron chi connectivity index (χ0n) is 11.9. The smallest absolute Gasteiger partial charge is 0.204 e. The van der Waals surface area contributed by atoms with Crippen molar-refractivity contribution in [1.29, 1.82) is 0 Å². The summed E-state index contributed by atoms with van der Waals surface area (Å²) in [6.45, 7) is 5.60. The summed E-state index contributed by atoms with van der Waals surface area (Å²) in [4.78, 5) is 16.4. The lowest BCUT2D eigenvalue weighted by molar-refractivity contribution is -0.124. The molecule has 104 valence electrons. The Morgan fingerprint density at radius 1 is 1.25 bits per heavy atom. The standard InChI is InChI=1S/C16H18N2O2/c1-16(2,3)15(19)14(11-18-10-9-17-12-18)20-13-7-5-4-6-8-13/h4-12H,1-3H3. The second-order valence-electron chi connectivity index (χ2n) is 5.50. The molecular formula is C16H18N2O2. The number of allylic oxidation sites excluding steroid dienone is 1. The van der Waals surface area contributed by atoms with Crippen molar-refractivity contribution in [1.82, 2.24) is 9.55 Å². The van der Waals surface area contributed by atoms with E-state index < -0.39 is 5.41 Å². The Kier molecular flexibility index (Phi) is 4.03. The Labute approximate surface area is 118 Å². The van der Waals surface area contributed by atoms with Crippen LogP contribution >= 0.6 is 0 Å². The van der Waals surface area contributed by atoms with E-state index in [2.05, 4.69) is 4.98 Å². The SMILES string of the molecule is CC(C)(C)C(=O)C(=Cn1ccnc1)Oc1ccccc1. The molecule has 0 N–H and O–H groups in total. The van der Waals surface area contributed by atoms with Crippen molar-refractivity contribution >= 4 is 12.0 Å². The highest BCUT2D eigenvalue weighted by atomic mass is 16.5. The Bertz CT molecular complexity index is 593. The van der Waals surface area contributed by atoms with E-state index in [9.17, 15) is 4.79 Å². The maximum Gasteiger partial charge on any atom is 0.204 e. The van der Waals surface area contributed by atoms with Crippen LogP contribution in [0.4, 0.5) is 0 Å². The van der Waals surface area contributed by atoms with Gasteiger partial charge in [0.15, 0.2) is 5.76 Å². The number of ether oxygens (including phenoxy) is 1. The second kappa shape index (κ2) is 5.74. The predicted molar refractivity (Wildman–Crippen MR) is 78.0 cm³/mol. The lowest BCUT2D eigenvalue weighted by Gasteiger charge is -2.19. The third-order valence-corrected chi connectivity index (χ3v) is 2.67. The zero-order valence-corrected chi connectivity index (χ0v) is 11.9. The minimum atomic E-state index is -0.513. The Morgan fingerprint density at radius 3 is 2.50 bits per heavy atom. The topological polar surface area (TPSA) is 44.1 Å². The minimum Gasteiger partial charge on any atom is -0.452 e. The summed E-state index contributed by atoms with van der Waals surface area (Å²) < 4.78 is 7.44. The summed E-state index contributed by atoms with van der Waals surface area (Å²) in [6.07, 6.45) is 6.67. The molecule has 1 aromatic heterocycles. The summed E-state index contributed by atoms with van der Waals surface area (Å²) >= 11 is 0. The van der Waals surface area contributed by atoms with Crippen LogP contribution in [0.25, 0.3) is 6.20 Å². The molecule has 0 saturated heterocycles. The lowest BCUT2D eigenvalue weighted by Crippen LogP contribution is -2.25. The Hall–Kier alpha value is -2.36. The number of Topliss-reactive ketones (excluding diaryl/α,β-unsaturated/α-hetero) is 1. The molecule has 0 spiro atoms. The van der Waals surface area contributed by atoms with Crippen molar-refractivity contribution < 1.29 is 9.53 Å². The molecule has 2 aromatic rings. The second-order valence-corrected chi connectivity index (χ2v) is 5.50.